The molecule has 3 aromatic heterocycles. The molecule has 6 rings (SSSR count). The lowest BCUT2D eigenvalue weighted by molar-refractivity contribution is 0.479. The molecule has 0 unspecified atom stereocenters. The Morgan fingerprint density at radius 1 is 1.03 bits per heavy atom. The number of anilines is 3. The Hall–Kier alpha value is -4.24. The fourth-order valence-electron chi connectivity index (χ4n) is 4.62. The van der Waals surface area contributed by atoms with Gasteiger partial charge in [0.1, 0.15) is 29.2 Å². The molecule has 182 valence electrons. The molecule has 0 amide bonds. The topological polar surface area (TPSA) is 93.0 Å². The molecule has 4 heterocycles. The number of piperazine rings is 1. The summed E-state index contributed by atoms with van der Waals surface area (Å²) in [5, 5.41) is 6.91. The first-order chi connectivity index (χ1) is 17.5. The zero-order valence-corrected chi connectivity index (χ0v) is 20.6. The van der Waals surface area contributed by atoms with Gasteiger partial charge in [0.25, 0.3) is 0 Å². The number of ether oxygens (including phenoxy) is 1. The highest BCUT2D eigenvalue weighted by Gasteiger charge is 2.18. The highest BCUT2D eigenvalue weighted by atomic mass is 16.5. The van der Waals surface area contributed by atoms with Crippen LogP contribution in [0.3, 0.4) is 0 Å². The van der Waals surface area contributed by atoms with Gasteiger partial charge in [0, 0.05) is 44.5 Å². The summed E-state index contributed by atoms with van der Waals surface area (Å²) in [6, 6.07) is 16.4. The van der Waals surface area contributed by atoms with Crippen LogP contribution < -0.4 is 20.3 Å². The Morgan fingerprint density at radius 3 is 2.81 bits per heavy atom. The standard InChI is InChI=1S/C27H28N8O/c1-17-12-19(4-8-24(17)36-20-5-7-23-22(13-20)31-16-34(23)3)32-27-26-21(29-15-30-27)6-9-25(33-26)35-11-10-28-18(2)14-35/h4-9,12-13,15-16,18,28H,10-11,14H2,1-3H3,(H,29,30,32)/t18-/m1/s1. The molecular formula is C27H28N8O. The maximum absolute atomic E-state index is 6.17. The van der Waals surface area contributed by atoms with Crippen LogP contribution >= 0.6 is 0 Å². The second kappa shape index (κ2) is 9.09. The molecule has 9 heteroatoms. The number of benzene rings is 2. The van der Waals surface area contributed by atoms with Crippen LogP contribution in [0.1, 0.15) is 12.5 Å². The molecule has 2 aromatic carbocycles. The number of imidazole rings is 1. The third-order valence-electron chi connectivity index (χ3n) is 6.52. The largest absolute Gasteiger partial charge is 0.457 e. The third-order valence-corrected chi connectivity index (χ3v) is 6.52. The Balaban J connectivity index is 1.25. The van der Waals surface area contributed by atoms with Crippen LogP contribution in [0.4, 0.5) is 17.3 Å². The van der Waals surface area contributed by atoms with Crippen molar-refractivity contribution >= 4 is 39.4 Å². The van der Waals surface area contributed by atoms with Crippen LogP contribution in [0, 0.1) is 6.92 Å². The van der Waals surface area contributed by atoms with Gasteiger partial charge in [-0.3, -0.25) is 0 Å². The lowest BCUT2D eigenvalue weighted by atomic mass is 10.2. The van der Waals surface area contributed by atoms with Gasteiger partial charge in [0.15, 0.2) is 5.82 Å². The quantitative estimate of drug-likeness (QED) is 0.378. The molecule has 9 nitrogen and oxygen atoms in total. The molecular weight excluding hydrogens is 452 g/mol. The summed E-state index contributed by atoms with van der Waals surface area (Å²) in [6.45, 7) is 7.01. The van der Waals surface area contributed by atoms with Crippen molar-refractivity contribution in [2.75, 3.05) is 29.9 Å². The van der Waals surface area contributed by atoms with Gasteiger partial charge in [-0.25, -0.2) is 19.9 Å². The predicted octanol–water partition coefficient (Wildman–Crippen LogP) is 4.55. The minimum absolute atomic E-state index is 0.426. The zero-order valence-electron chi connectivity index (χ0n) is 20.6. The fourth-order valence-corrected chi connectivity index (χ4v) is 4.62. The van der Waals surface area contributed by atoms with Crippen molar-refractivity contribution in [3.63, 3.8) is 0 Å². The predicted molar refractivity (Wildman–Crippen MR) is 142 cm³/mol. The molecule has 0 saturated carbocycles. The molecule has 1 aliphatic rings. The second-order valence-electron chi connectivity index (χ2n) is 9.27. The SMILES string of the molecule is Cc1cc(Nc2ncnc3ccc(N4CCN[C@H](C)C4)nc23)ccc1Oc1ccc2c(c1)ncn2C. The van der Waals surface area contributed by atoms with Crippen molar-refractivity contribution in [3.8, 4) is 11.5 Å². The fraction of sp³-hybridized carbons (Fsp3) is 0.259. The van der Waals surface area contributed by atoms with Crippen LogP contribution in [-0.2, 0) is 7.05 Å². The summed E-state index contributed by atoms with van der Waals surface area (Å²) in [5.74, 6) is 3.17. The summed E-state index contributed by atoms with van der Waals surface area (Å²) in [4.78, 5) is 20.6. The summed E-state index contributed by atoms with van der Waals surface area (Å²) in [7, 11) is 1.98. The lowest BCUT2D eigenvalue weighted by Crippen LogP contribution is -2.49. The number of aryl methyl sites for hydroxylation is 2. The Labute approximate surface area is 209 Å². The number of nitrogens with one attached hydrogen (secondary N) is 2. The first-order valence-corrected chi connectivity index (χ1v) is 12.1. The molecule has 0 bridgehead atoms. The van der Waals surface area contributed by atoms with Gasteiger partial charge >= 0.3 is 0 Å². The maximum Gasteiger partial charge on any atom is 0.160 e. The zero-order chi connectivity index (χ0) is 24.6. The van der Waals surface area contributed by atoms with Crippen LogP contribution in [-0.4, -0.2) is 50.2 Å². The Morgan fingerprint density at radius 2 is 1.94 bits per heavy atom. The van der Waals surface area contributed by atoms with E-state index < -0.39 is 0 Å². The molecule has 1 aliphatic heterocycles. The van der Waals surface area contributed by atoms with E-state index in [1.165, 1.54) is 0 Å². The summed E-state index contributed by atoms with van der Waals surface area (Å²) < 4.78 is 8.16. The first kappa shape index (κ1) is 22.2. The van der Waals surface area contributed by atoms with Gasteiger partial charge in [-0.05, 0) is 61.9 Å². The van der Waals surface area contributed by atoms with Gasteiger partial charge in [-0.1, -0.05) is 0 Å². The van der Waals surface area contributed by atoms with E-state index in [1.807, 2.05) is 67.1 Å². The van der Waals surface area contributed by atoms with Crippen molar-refractivity contribution in [2.45, 2.75) is 19.9 Å². The highest BCUT2D eigenvalue weighted by molar-refractivity contribution is 5.88. The number of nitrogens with zero attached hydrogens (tertiary/aromatic N) is 6. The van der Waals surface area contributed by atoms with E-state index in [-0.39, 0.29) is 0 Å². The molecule has 0 spiro atoms. The molecule has 1 saturated heterocycles. The smallest absolute Gasteiger partial charge is 0.160 e. The molecule has 2 N–H and O–H groups in total. The van der Waals surface area contributed by atoms with E-state index in [0.717, 1.165) is 70.3 Å². The van der Waals surface area contributed by atoms with Crippen molar-refractivity contribution in [1.29, 1.82) is 0 Å². The number of hydrogen-bond acceptors (Lipinski definition) is 8. The number of aromatic nitrogens is 5. The minimum atomic E-state index is 0.426. The van der Waals surface area contributed by atoms with Crippen molar-refractivity contribution in [1.82, 2.24) is 29.8 Å². The molecule has 0 radical (unpaired) electrons. The number of pyridine rings is 1. The first-order valence-electron chi connectivity index (χ1n) is 12.1. The van der Waals surface area contributed by atoms with Crippen LogP contribution in [0.2, 0.25) is 0 Å². The van der Waals surface area contributed by atoms with Gasteiger partial charge < -0.3 is 24.8 Å². The maximum atomic E-state index is 6.17. The lowest BCUT2D eigenvalue weighted by Gasteiger charge is -2.32. The molecule has 5 aromatic rings. The summed E-state index contributed by atoms with van der Waals surface area (Å²) in [5.41, 5.74) is 5.44. The van der Waals surface area contributed by atoms with Crippen molar-refractivity contribution in [3.05, 3.63) is 66.7 Å². The normalized spacial score (nSPS) is 16.0. The van der Waals surface area contributed by atoms with E-state index >= 15 is 0 Å². The average Bonchev–Trinajstić information content (AvgIpc) is 3.25. The second-order valence-corrected chi connectivity index (χ2v) is 9.27. The molecule has 0 aliphatic carbocycles. The van der Waals surface area contributed by atoms with E-state index in [1.54, 1.807) is 12.7 Å². The van der Waals surface area contributed by atoms with Gasteiger partial charge in [0.05, 0.1) is 22.9 Å². The van der Waals surface area contributed by atoms with Crippen molar-refractivity contribution < 1.29 is 4.74 Å². The van der Waals surface area contributed by atoms with E-state index in [0.29, 0.717) is 11.9 Å². The van der Waals surface area contributed by atoms with E-state index in [4.69, 9.17) is 9.72 Å². The van der Waals surface area contributed by atoms with Crippen LogP contribution in [0.25, 0.3) is 22.1 Å². The van der Waals surface area contributed by atoms with Crippen LogP contribution in [0.15, 0.2) is 61.2 Å². The highest BCUT2D eigenvalue weighted by Crippen LogP contribution is 2.31. The summed E-state index contributed by atoms with van der Waals surface area (Å²) in [6.07, 6.45) is 3.37. The average molecular weight is 481 g/mol. The molecule has 1 fully saturated rings. The van der Waals surface area contributed by atoms with Crippen LogP contribution in [0.5, 0.6) is 11.5 Å². The van der Waals surface area contributed by atoms with E-state index in [2.05, 4.69) is 37.4 Å². The Kier molecular flexibility index (Phi) is 5.61. The number of fused-ring (bicyclic) bond motifs is 2. The Bertz CT molecular complexity index is 1560. The van der Waals surface area contributed by atoms with E-state index in [9.17, 15) is 0 Å². The molecule has 36 heavy (non-hydrogen) atoms. The third kappa shape index (κ3) is 4.29. The van der Waals surface area contributed by atoms with Gasteiger partial charge in [-0.15, -0.1) is 0 Å². The monoisotopic (exact) mass is 480 g/mol. The molecule has 1 atom stereocenters. The number of rotatable bonds is 5. The van der Waals surface area contributed by atoms with Crippen molar-refractivity contribution in [2.24, 2.45) is 7.05 Å². The minimum Gasteiger partial charge on any atom is -0.457 e. The number of hydrogen-bond donors (Lipinski definition) is 2. The van der Waals surface area contributed by atoms with Gasteiger partial charge in [0.2, 0.25) is 0 Å². The summed E-state index contributed by atoms with van der Waals surface area (Å²) >= 11 is 0. The van der Waals surface area contributed by atoms with Gasteiger partial charge in [-0.2, -0.15) is 0 Å².